The summed E-state index contributed by atoms with van der Waals surface area (Å²) in [5.41, 5.74) is 1.20. The number of hydrogen-bond donors (Lipinski definition) is 0. The molecule has 0 spiro atoms. The first kappa shape index (κ1) is 18.7. The van der Waals surface area contributed by atoms with Crippen molar-refractivity contribution in [3.63, 3.8) is 0 Å². The molecule has 1 aromatic carbocycles. The Kier molecular flexibility index (Phi) is 5.72. The molecule has 0 bridgehead atoms. The van der Waals surface area contributed by atoms with E-state index in [1.54, 1.807) is 30.0 Å². The molecule has 1 fully saturated rings. The molecule has 138 valence electrons. The van der Waals surface area contributed by atoms with Crippen molar-refractivity contribution in [1.29, 1.82) is 0 Å². The van der Waals surface area contributed by atoms with Crippen molar-refractivity contribution < 1.29 is 12.8 Å². The number of nitrogens with zero attached hydrogens (tertiary/aromatic N) is 3. The smallest absolute Gasteiger partial charge is 0.256 e. The first-order valence-corrected chi connectivity index (χ1v) is 11.0. The van der Waals surface area contributed by atoms with Gasteiger partial charge < -0.3 is 9.32 Å². The van der Waals surface area contributed by atoms with Crippen molar-refractivity contribution in [3.8, 4) is 0 Å². The molecule has 1 aliphatic heterocycles. The predicted molar refractivity (Wildman–Crippen MR) is 100 cm³/mol. The highest BCUT2D eigenvalue weighted by Gasteiger charge is 2.20. The van der Waals surface area contributed by atoms with Gasteiger partial charge in [-0.2, -0.15) is 0 Å². The Labute approximate surface area is 153 Å². The van der Waals surface area contributed by atoms with Gasteiger partial charge in [-0.15, -0.1) is 0 Å². The van der Waals surface area contributed by atoms with Crippen molar-refractivity contribution in [2.75, 3.05) is 33.4 Å². The van der Waals surface area contributed by atoms with Crippen LogP contribution in [-0.2, 0) is 10.0 Å². The molecule has 1 aromatic heterocycles. The number of hydrogen-bond acceptors (Lipinski definition) is 6. The number of sulfonamides is 1. The van der Waals surface area contributed by atoms with Crippen molar-refractivity contribution in [2.24, 2.45) is 0 Å². The third kappa shape index (κ3) is 4.19. The first-order chi connectivity index (χ1) is 11.9. The molecule has 3 rings (SSSR count). The molecule has 25 heavy (non-hydrogen) atoms. The molecule has 1 saturated heterocycles. The zero-order valence-corrected chi connectivity index (χ0v) is 16.6. The van der Waals surface area contributed by atoms with E-state index in [-0.39, 0.29) is 4.90 Å². The summed E-state index contributed by atoms with van der Waals surface area (Å²) in [7, 11) is 1.78. The second kappa shape index (κ2) is 7.65. The van der Waals surface area contributed by atoms with Gasteiger partial charge in [-0.3, -0.25) is 0 Å². The van der Waals surface area contributed by atoms with Gasteiger partial charge >= 0.3 is 0 Å². The molecule has 1 atom stereocenters. The number of benzene rings is 1. The van der Waals surface area contributed by atoms with Gasteiger partial charge in [0.1, 0.15) is 5.52 Å². The van der Waals surface area contributed by atoms with Crippen LogP contribution in [0.15, 0.2) is 32.7 Å². The molecule has 1 unspecified atom stereocenters. The van der Waals surface area contributed by atoms with Gasteiger partial charge in [-0.05, 0) is 51.1 Å². The van der Waals surface area contributed by atoms with Crippen molar-refractivity contribution >= 4 is 32.9 Å². The van der Waals surface area contributed by atoms with Gasteiger partial charge in [0.05, 0.1) is 4.90 Å². The molecule has 2 heterocycles. The van der Waals surface area contributed by atoms with Gasteiger partial charge in [0.15, 0.2) is 5.58 Å². The average Bonchev–Trinajstić information content (AvgIpc) is 2.98. The number of oxazole rings is 1. The SMILES string of the molecule is CN1CCCCC1CCSc1nc2cc(S(=O)(=O)N(C)C)ccc2o1. The molecule has 2 aromatic rings. The van der Waals surface area contributed by atoms with Crippen LogP contribution >= 0.6 is 11.8 Å². The summed E-state index contributed by atoms with van der Waals surface area (Å²) in [4.78, 5) is 7.12. The standard InChI is InChI=1S/C17H25N3O3S2/c1-19(2)25(21,22)14-7-8-16-15(12-14)18-17(23-16)24-11-9-13-6-4-5-10-20(13)3/h7-8,12-13H,4-6,9-11H2,1-3H3. The topological polar surface area (TPSA) is 66.7 Å². The van der Waals surface area contributed by atoms with Crippen molar-refractivity contribution in [1.82, 2.24) is 14.2 Å². The third-order valence-electron chi connectivity index (χ3n) is 4.72. The van der Waals surface area contributed by atoms with Crippen LogP contribution in [0.25, 0.3) is 11.1 Å². The van der Waals surface area contributed by atoms with Crippen LogP contribution in [0.3, 0.4) is 0 Å². The minimum atomic E-state index is -3.46. The number of piperidine rings is 1. The zero-order valence-electron chi connectivity index (χ0n) is 14.9. The summed E-state index contributed by atoms with van der Waals surface area (Å²) >= 11 is 1.60. The van der Waals surface area contributed by atoms with E-state index in [1.807, 2.05) is 0 Å². The van der Waals surface area contributed by atoms with Crippen LogP contribution in [0.1, 0.15) is 25.7 Å². The van der Waals surface area contributed by atoms with E-state index in [4.69, 9.17) is 4.42 Å². The Hall–Kier alpha value is -1.09. The molecule has 0 aliphatic carbocycles. The third-order valence-corrected chi connectivity index (χ3v) is 7.39. The largest absolute Gasteiger partial charge is 0.431 e. The number of rotatable bonds is 6. The lowest BCUT2D eigenvalue weighted by Crippen LogP contribution is -2.36. The number of fused-ring (bicyclic) bond motifs is 1. The molecule has 8 heteroatoms. The maximum atomic E-state index is 12.2. The second-order valence-corrected chi connectivity index (χ2v) is 9.86. The highest BCUT2D eigenvalue weighted by atomic mass is 32.2. The minimum absolute atomic E-state index is 0.235. The van der Waals surface area contributed by atoms with E-state index in [0.29, 0.717) is 22.4 Å². The van der Waals surface area contributed by atoms with Crippen LogP contribution < -0.4 is 0 Å². The lowest BCUT2D eigenvalue weighted by atomic mass is 10.0. The average molecular weight is 384 g/mol. The lowest BCUT2D eigenvalue weighted by molar-refractivity contribution is 0.182. The van der Waals surface area contributed by atoms with Crippen LogP contribution in [0.5, 0.6) is 0 Å². The fourth-order valence-corrected chi connectivity index (χ4v) is 4.91. The summed E-state index contributed by atoms with van der Waals surface area (Å²) < 4.78 is 31.4. The van der Waals surface area contributed by atoms with E-state index in [1.165, 1.54) is 44.2 Å². The van der Waals surface area contributed by atoms with E-state index in [9.17, 15) is 8.42 Å². The Morgan fingerprint density at radius 1 is 1.36 bits per heavy atom. The second-order valence-electron chi connectivity index (χ2n) is 6.66. The van der Waals surface area contributed by atoms with Gasteiger partial charge in [-0.25, -0.2) is 17.7 Å². The van der Waals surface area contributed by atoms with Crippen molar-refractivity contribution in [2.45, 2.75) is 41.8 Å². The summed E-state index contributed by atoms with van der Waals surface area (Å²) in [5, 5.41) is 0.605. The van der Waals surface area contributed by atoms with Crippen LogP contribution in [0.4, 0.5) is 0 Å². The Balaban J connectivity index is 1.67. The van der Waals surface area contributed by atoms with Gasteiger partial charge in [-0.1, -0.05) is 18.2 Å². The normalized spacial score (nSPS) is 19.8. The number of likely N-dealkylation sites (tertiary alicyclic amines) is 1. The maximum Gasteiger partial charge on any atom is 0.256 e. The van der Waals surface area contributed by atoms with Gasteiger partial charge in [0.2, 0.25) is 10.0 Å². The highest BCUT2D eigenvalue weighted by Crippen LogP contribution is 2.28. The van der Waals surface area contributed by atoms with Crippen LogP contribution in [-0.4, -0.2) is 62.1 Å². The molecular formula is C17H25N3O3S2. The Morgan fingerprint density at radius 2 is 2.16 bits per heavy atom. The summed E-state index contributed by atoms with van der Waals surface area (Å²) in [5.74, 6) is 0.949. The Bertz CT molecular complexity index is 833. The summed E-state index contributed by atoms with van der Waals surface area (Å²) in [6.07, 6.45) is 4.98. The van der Waals surface area contributed by atoms with E-state index in [2.05, 4.69) is 16.9 Å². The molecule has 1 aliphatic rings. The highest BCUT2D eigenvalue weighted by molar-refractivity contribution is 7.99. The minimum Gasteiger partial charge on any atom is -0.431 e. The zero-order chi connectivity index (χ0) is 18.0. The summed E-state index contributed by atoms with van der Waals surface area (Å²) in [6.45, 7) is 1.18. The number of aromatic nitrogens is 1. The predicted octanol–water partition coefficient (Wildman–Crippen LogP) is 3.04. The Morgan fingerprint density at radius 3 is 2.88 bits per heavy atom. The van der Waals surface area contributed by atoms with Crippen LogP contribution in [0.2, 0.25) is 0 Å². The monoisotopic (exact) mass is 383 g/mol. The maximum absolute atomic E-state index is 12.2. The number of thioether (sulfide) groups is 1. The molecule has 0 N–H and O–H groups in total. The lowest BCUT2D eigenvalue weighted by Gasteiger charge is -2.32. The first-order valence-electron chi connectivity index (χ1n) is 8.54. The molecule has 0 saturated carbocycles. The quantitative estimate of drug-likeness (QED) is 0.714. The van der Waals surface area contributed by atoms with E-state index in [0.717, 1.165) is 12.2 Å². The van der Waals surface area contributed by atoms with E-state index < -0.39 is 10.0 Å². The fraction of sp³-hybridized carbons (Fsp3) is 0.588. The molecule has 0 radical (unpaired) electrons. The summed E-state index contributed by atoms with van der Waals surface area (Å²) in [6, 6.07) is 5.46. The molecular weight excluding hydrogens is 358 g/mol. The van der Waals surface area contributed by atoms with Gasteiger partial charge in [0.25, 0.3) is 5.22 Å². The van der Waals surface area contributed by atoms with Crippen LogP contribution in [0, 0.1) is 0 Å². The van der Waals surface area contributed by atoms with E-state index >= 15 is 0 Å². The van der Waals surface area contributed by atoms with Crippen molar-refractivity contribution in [3.05, 3.63) is 18.2 Å². The fourth-order valence-electron chi connectivity index (χ4n) is 3.11. The molecule has 0 amide bonds. The molecule has 6 nitrogen and oxygen atoms in total. The van der Waals surface area contributed by atoms with Gasteiger partial charge in [0, 0.05) is 25.9 Å².